The highest BCUT2D eigenvalue weighted by Gasteiger charge is 2.58. The number of hydrogen-bond acceptors (Lipinski definition) is 8. The fourth-order valence-corrected chi connectivity index (χ4v) is 4.34. The van der Waals surface area contributed by atoms with Crippen LogP contribution in [0.1, 0.15) is 51.5 Å². The van der Waals surface area contributed by atoms with E-state index in [0.29, 0.717) is 13.0 Å². The highest BCUT2D eigenvalue weighted by atomic mass is 35.5. The molecule has 0 aliphatic carbocycles. The van der Waals surface area contributed by atoms with Gasteiger partial charge in [-0.05, 0) is 40.7 Å². The summed E-state index contributed by atoms with van der Waals surface area (Å²) in [6, 6.07) is 2.82. The Balaban J connectivity index is 1.68. The molecule has 2 aliphatic rings. The summed E-state index contributed by atoms with van der Waals surface area (Å²) in [5.74, 6) is -0.0288. The first-order valence-electron chi connectivity index (χ1n) is 10.3. The predicted molar refractivity (Wildman–Crippen MR) is 121 cm³/mol. The third-order valence-corrected chi connectivity index (χ3v) is 5.84. The van der Waals surface area contributed by atoms with Crippen LogP contribution in [-0.4, -0.2) is 44.3 Å². The van der Waals surface area contributed by atoms with Gasteiger partial charge in [0.05, 0.1) is 11.6 Å². The molecule has 1 unspecified atom stereocenters. The Bertz CT molecular complexity index is 1200. The molecule has 33 heavy (non-hydrogen) atoms. The maximum atomic E-state index is 13.5. The lowest BCUT2D eigenvalue weighted by atomic mass is 9.91. The van der Waals surface area contributed by atoms with E-state index in [1.165, 1.54) is 23.0 Å². The van der Waals surface area contributed by atoms with Gasteiger partial charge in [0.2, 0.25) is 0 Å². The molecule has 1 atom stereocenters. The summed E-state index contributed by atoms with van der Waals surface area (Å²) < 4.78 is 12.4. The molecule has 2 aliphatic heterocycles. The summed E-state index contributed by atoms with van der Waals surface area (Å²) in [4.78, 5) is 46.3. The van der Waals surface area contributed by atoms with Crippen molar-refractivity contribution in [3.8, 4) is 0 Å². The molecule has 176 valence electrons. The third kappa shape index (κ3) is 4.02. The quantitative estimate of drug-likeness (QED) is 0.615. The first kappa shape index (κ1) is 23.0. The molecule has 4 heterocycles. The number of fused-ring (bicyclic) bond motifs is 2. The molecule has 11 nitrogen and oxygen atoms in total. The molecule has 1 saturated heterocycles. The van der Waals surface area contributed by atoms with Crippen LogP contribution in [0.4, 0.5) is 22.1 Å². The SMILES string of the molecule is CC(C)(C)OC(=O)Nc1cc(Nc2cc(Cl)c3n(c2=O)C2(CCOC2(C)C)NC3=O)ncn1. The Labute approximate surface area is 194 Å². The minimum atomic E-state index is -1.06. The second kappa shape index (κ2) is 7.70. The second-order valence-corrected chi connectivity index (χ2v) is 9.77. The van der Waals surface area contributed by atoms with Crippen molar-refractivity contribution < 1.29 is 19.1 Å². The maximum Gasteiger partial charge on any atom is 0.413 e. The van der Waals surface area contributed by atoms with Crippen molar-refractivity contribution in [3.63, 3.8) is 0 Å². The molecule has 1 fully saturated rings. The van der Waals surface area contributed by atoms with Crippen LogP contribution < -0.4 is 21.5 Å². The lowest BCUT2D eigenvalue weighted by Crippen LogP contribution is -2.58. The van der Waals surface area contributed by atoms with E-state index >= 15 is 0 Å². The summed E-state index contributed by atoms with van der Waals surface area (Å²) in [6.07, 6.45) is 0.959. The summed E-state index contributed by atoms with van der Waals surface area (Å²) in [7, 11) is 0. The summed E-state index contributed by atoms with van der Waals surface area (Å²) in [5.41, 5.74) is -2.85. The van der Waals surface area contributed by atoms with Crippen LogP contribution in [0.25, 0.3) is 0 Å². The summed E-state index contributed by atoms with van der Waals surface area (Å²) in [6.45, 7) is 9.23. The minimum absolute atomic E-state index is 0.0840. The zero-order valence-electron chi connectivity index (χ0n) is 18.9. The predicted octanol–water partition coefficient (Wildman–Crippen LogP) is 2.98. The average Bonchev–Trinajstić information content (AvgIpc) is 3.14. The lowest BCUT2D eigenvalue weighted by molar-refractivity contribution is -0.0335. The van der Waals surface area contributed by atoms with E-state index in [4.69, 9.17) is 21.1 Å². The number of nitrogens with one attached hydrogen (secondary N) is 3. The second-order valence-electron chi connectivity index (χ2n) is 9.36. The molecule has 12 heteroatoms. The van der Waals surface area contributed by atoms with Crippen molar-refractivity contribution in [2.24, 2.45) is 0 Å². The van der Waals surface area contributed by atoms with Gasteiger partial charge in [0.15, 0.2) is 5.66 Å². The number of carbonyl (C=O) groups excluding carboxylic acids is 2. The topological polar surface area (TPSA) is 136 Å². The monoisotopic (exact) mass is 476 g/mol. The van der Waals surface area contributed by atoms with E-state index < -0.39 is 34.4 Å². The molecule has 2 aromatic heterocycles. The van der Waals surface area contributed by atoms with Crippen molar-refractivity contribution in [2.45, 2.75) is 57.9 Å². The Morgan fingerprint density at radius 1 is 1.24 bits per heavy atom. The van der Waals surface area contributed by atoms with Crippen LogP contribution in [0.2, 0.25) is 5.02 Å². The largest absolute Gasteiger partial charge is 0.444 e. The standard InChI is InChI=1S/C21H25ClN6O5/c1-19(2,3)33-18(31)26-14-9-13(23-10-24-14)25-12-8-11(22)15-16(29)27-21(28(15)17(12)30)6-7-32-20(21,4)5/h8-10H,6-7H2,1-5H3,(H,27,29)(H2,23,24,25,26,31). The number of rotatable bonds is 3. The van der Waals surface area contributed by atoms with Crippen molar-refractivity contribution >= 4 is 40.9 Å². The molecule has 1 spiro atoms. The van der Waals surface area contributed by atoms with E-state index in [-0.39, 0.29) is 28.0 Å². The number of hydrogen-bond donors (Lipinski definition) is 3. The minimum Gasteiger partial charge on any atom is -0.444 e. The third-order valence-electron chi connectivity index (χ3n) is 5.55. The van der Waals surface area contributed by atoms with Gasteiger partial charge in [-0.1, -0.05) is 11.6 Å². The Morgan fingerprint density at radius 3 is 2.58 bits per heavy atom. The molecule has 0 radical (unpaired) electrons. The van der Waals surface area contributed by atoms with Crippen LogP contribution >= 0.6 is 11.6 Å². The van der Waals surface area contributed by atoms with Crippen LogP contribution in [0.3, 0.4) is 0 Å². The molecule has 4 rings (SSSR count). The van der Waals surface area contributed by atoms with E-state index in [9.17, 15) is 14.4 Å². The molecular weight excluding hydrogens is 452 g/mol. The lowest BCUT2D eigenvalue weighted by Gasteiger charge is -2.37. The van der Waals surface area contributed by atoms with E-state index in [2.05, 4.69) is 25.9 Å². The van der Waals surface area contributed by atoms with Gasteiger partial charge >= 0.3 is 6.09 Å². The van der Waals surface area contributed by atoms with E-state index in [1.54, 1.807) is 20.8 Å². The molecule has 0 bridgehead atoms. The van der Waals surface area contributed by atoms with Crippen LogP contribution in [0, 0.1) is 0 Å². The van der Waals surface area contributed by atoms with E-state index in [0.717, 1.165) is 0 Å². The number of nitrogens with zero attached hydrogens (tertiary/aromatic N) is 3. The fourth-order valence-electron chi connectivity index (χ4n) is 4.06. The number of ether oxygens (including phenoxy) is 2. The first-order chi connectivity index (χ1) is 15.3. The summed E-state index contributed by atoms with van der Waals surface area (Å²) >= 11 is 6.42. The molecule has 2 aromatic rings. The van der Waals surface area contributed by atoms with Crippen molar-refractivity contribution in [1.29, 1.82) is 0 Å². The number of aromatic nitrogens is 3. The Hall–Kier alpha value is -3.18. The van der Waals surface area contributed by atoms with Crippen molar-refractivity contribution in [1.82, 2.24) is 19.9 Å². The van der Waals surface area contributed by atoms with Gasteiger partial charge in [0, 0.05) is 12.5 Å². The smallest absolute Gasteiger partial charge is 0.413 e. The zero-order valence-corrected chi connectivity index (χ0v) is 19.7. The number of pyridine rings is 1. The molecule has 2 amide bonds. The molecular formula is C21H25ClN6O5. The Morgan fingerprint density at radius 2 is 1.94 bits per heavy atom. The first-order valence-corrected chi connectivity index (χ1v) is 10.7. The normalized spacial score (nSPS) is 21.0. The van der Waals surface area contributed by atoms with Crippen LogP contribution in [0.15, 0.2) is 23.3 Å². The van der Waals surface area contributed by atoms with Gasteiger partial charge < -0.3 is 20.1 Å². The number of anilines is 3. The number of amides is 2. The van der Waals surface area contributed by atoms with Crippen molar-refractivity contribution in [3.05, 3.63) is 39.5 Å². The van der Waals surface area contributed by atoms with Gasteiger partial charge in [-0.15, -0.1) is 0 Å². The molecule has 0 aromatic carbocycles. The highest BCUT2D eigenvalue weighted by molar-refractivity contribution is 6.34. The number of halogens is 1. The maximum absolute atomic E-state index is 13.5. The van der Waals surface area contributed by atoms with Crippen LogP contribution in [-0.2, 0) is 15.1 Å². The van der Waals surface area contributed by atoms with E-state index in [1.807, 2.05) is 13.8 Å². The van der Waals surface area contributed by atoms with Crippen molar-refractivity contribution in [2.75, 3.05) is 17.2 Å². The highest BCUT2D eigenvalue weighted by Crippen LogP contribution is 2.44. The molecule has 0 saturated carbocycles. The van der Waals surface area contributed by atoms with Gasteiger partial charge in [0.1, 0.15) is 40.5 Å². The van der Waals surface area contributed by atoms with Gasteiger partial charge in [-0.3, -0.25) is 19.5 Å². The summed E-state index contributed by atoms with van der Waals surface area (Å²) in [5, 5.41) is 8.44. The molecule has 3 N–H and O–H groups in total. The van der Waals surface area contributed by atoms with Crippen LogP contribution in [0.5, 0.6) is 0 Å². The van der Waals surface area contributed by atoms with Gasteiger partial charge in [-0.25, -0.2) is 14.8 Å². The number of carbonyl (C=O) groups is 2. The average molecular weight is 477 g/mol. The fraction of sp³-hybridized carbons (Fsp3) is 0.476. The Kier molecular flexibility index (Phi) is 5.37. The van der Waals surface area contributed by atoms with Gasteiger partial charge in [-0.2, -0.15) is 0 Å². The van der Waals surface area contributed by atoms with Gasteiger partial charge in [0.25, 0.3) is 11.5 Å². The zero-order chi connectivity index (χ0) is 24.2.